The number of benzene rings is 1. The topological polar surface area (TPSA) is 60.5 Å². The van der Waals surface area contributed by atoms with Gasteiger partial charge in [0.1, 0.15) is 17.3 Å². The van der Waals surface area contributed by atoms with Crippen molar-refractivity contribution in [3.63, 3.8) is 0 Å². The lowest BCUT2D eigenvalue weighted by Crippen LogP contribution is -2.15. The van der Waals surface area contributed by atoms with Gasteiger partial charge in [0.2, 0.25) is 0 Å². The zero-order valence-corrected chi connectivity index (χ0v) is 12.1. The number of nitrogens with two attached hydrogens (primary N) is 1. The summed E-state index contributed by atoms with van der Waals surface area (Å²) in [6.07, 6.45) is -3.32. The zero-order valence-electron chi connectivity index (χ0n) is 12.1. The van der Waals surface area contributed by atoms with E-state index in [1.807, 2.05) is 0 Å². The van der Waals surface area contributed by atoms with Gasteiger partial charge in [-0.2, -0.15) is 22.0 Å². The molecule has 0 unspecified atom stereocenters. The zero-order chi connectivity index (χ0) is 17.7. The monoisotopic (exact) mass is 345 g/mol. The second-order valence-electron chi connectivity index (χ2n) is 4.65. The third kappa shape index (κ3) is 4.90. The number of aromatic nitrogens is 1. The molecule has 0 radical (unpaired) electrons. The first-order chi connectivity index (χ1) is 11.3. The van der Waals surface area contributed by atoms with Crippen LogP contribution in [-0.2, 0) is 12.7 Å². The van der Waals surface area contributed by atoms with Crippen LogP contribution in [0.5, 0.6) is 5.75 Å². The normalized spacial score (nSPS) is 12.5. The van der Waals surface area contributed by atoms with E-state index >= 15 is 0 Å². The van der Waals surface area contributed by atoms with Crippen LogP contribution in [0.3, 0.4) is 0 Å². The van der Waals surface area contributed by atoms with Gasteiger partial charge in [0.25, 0.3) is 0 Å². The van der Waals surface area contributed by atoms with Crippen molar-refractivity contribution in [3.05, 3.63) is 59.4 Å². The molecule has 0 aliphatic carbocycles. The smallest absolute Gasteiger partial charge is 0.416 e. The number of nitrogens with zero attached hydrogens (tertiary/aromatic N) is 2. The molecule has 1 aromatic carbocycles. The minimum Gasteiger partial charge on any atom is -0.433 e. The van der Waals surface area contributed by atoms with E-state index in [-0.39, 0.29) is 23.8 Å². The average Bonchev–Trinajstić information content (AvgIpc) is 2.52. The van der Waals surface area contributed by atoms with Gasteiger partial charge in [-0.1, -0.05) is 12.1 Å². The van der Waals surface area contributed by atoms with Crippen molar-refractivity contribution in [1.29, 1.82) is 0 Å². The van der Waals surface area contributed by atoms with Crippen LogP contribution in [0, 0.1) is 0 Å². The van der Waals surface area contributed by atoms with Gasteiger partial charge in [0.05, 0.1) is 18.3 Å². The van der Waals surface area contributed by atoms with Gasteiger partial charge in [0, 0.05) is 0 Å². The summed E-state index contributed by atoms with van der Waals surface area (Å²) < 4.78 is 65.6. The summed E-state index contributed by atoms with van der Waals surface area (Å²) in [5.41, 5.74) is 5.73. The molecule has 0 saturated carbocycles. The van der Waals surface area contributed by atoms with Crippen LogP contribution in [0.25, 0.3) is 0 Å². The van der Waals surface area contributed by atoms with Gasteiger partial charge < -0.3 is 10.5 Å². The highest BCUT2D eigenvalue weighted by Crippen LogP contribution is 2.29. The van der Waals surface area contributed by atoms with Gasteiger partial charge in [-0.05, 0) is 29.8 Å². The van der Waals surface area contributed by atoms with E-state index in [2.05, 4.69) is 14.7 Å². The Balaban J connectivity index is 2.03. The summed E-state index contributed by atoms with van der Waals surface area (Å²) in [5.74, 6) is -0.0946. The standard InChI is InChI=1S/C15H12F5N3O/c16-14(17)24-11-5-6-12(22-8-11)13(21)23-7-9-1-3-10(4-2-9)15(18,19)20/h1-6,8,14H,7H2,(H2,21,23). The number of rotatable bonds is 5. The molecular weight excluding hydrogens is 333 g/mol. The molecule has 1 heterocycles. The average molecular weight is 345 g/mol. The number of alkyl halides is 5. The molecule has 0 bridgehead atoms. The fourth-order valence-electron chi connectivity index (χ4n) is 1.76. The molecule has 2 rings (SSSR count). The molecule has 0 aliphatic rings. The molecule has 4 nitrogen and oxygen atoms in total. The Hall–Kier alpha value is -2.71. The van der Waals surface area contributed by atoms with Crippen molar-refractivity contribution in [2.75, 3.05) is 0 Å². The summed E-state index contributed by atoms with van der Waals surface area (Å²) in [7, 11) is 0. The summed E-state index contributed by atoms with van der Waals surface area (Å²) in [5, 5.41) is 0. The lowest BCUT2D eigenvalue weighted by Gasteiger charge is -2.07. The molecule has 0 spiro atoms. The van der Waals surface area contributed by atoms with Crippen molar-refractivity contribution in [3.8, 4) is 5.75 Å². The third-order valence-electron chi connectivity index (χ3n) is 2.94. The highest BCUT2D eigenvalue weighted by molar-refractivity contribution is 5.95. The Labute approximate surface area is 133 Å². The fraction of sp³-hybridized carbons (Fsp3) is 0.200. The number of pyridine rings is 1. The summed E-state index contributed by atoms with van der Waals surface area (Å²) in [6.45, 7) is -2.90. The summed E-state index contributed by atoms with van der Waals surface area (Å²) in [6, 6.07) is 7.11. The second kappa shape index (κ2) is 7.24. The SMILES string of the molecule is NC(=NCc1ccc(C(F)(F)F)cc1)c1ccc(OC(F)F)cn1. The maximum absolute atomic E-state index is 12.5. The maximum atomic E-state index is 12.5. The molecule has 0 amide bonds. The highest BCUT2D eigenvalue weighted by Gasteiger charge is 2.29. The lowest BCUT2D eigenvalue weighted by molar-refractivity contribution is -0.137. The van der Waals surface area contributed by atoms with Crippen LogP contribution in [0.4, 0.5) is 22.0 Å². The van der Waals surface area contributed by atoms with Crippen molar-refractivity contribution in [1.82, 2.24) is 4.98 Å². The van der Waals surface area contributed by atoms with Crippen LogP contribution < -0.4 is 10.5 Å². The number of ether oxygens (including phenoxy) is 1. The summed E-state index contributed by atoms with van der Waals surface area (Å²) in [4.78, 5) is 7.84. The van der Waals surface area contributed by atoms with Crippen LogP contribution in [-0.4, -0.2) is 17.4 Å². The first-order valence-electron chi connectivity index (χ1n) is 6.63. The minimum absolute atomic E-state index is 0.0264. The Morgan fingerprint density at radius 3 is 2.29 bits per heavy atom. The minimum atomic E-state index is -4.40. The number of hydrogen-bond donors (Lipinski definition) is 1. The third-order valence-corrected chi connectivity index (χ3v) is 2.94. The lowest BCUT2D eigenvalue weighted by atomic mass is 10.1. The van der Waals surface area contributed by atoms with E-state index in [1.54, 1.807) is 0 Å². The quantitative estimate of drug-likeness (QED) is 0.512. The Bertz CT molecular complexity index is 697. The highest BCUT2D eigenvalue weighted by atomic mass is 19.4. The maximum Gasteiger partial charge on any atom is 0.416 e. The predicted octanol–water partition coefficient (Wildman–Crippen LogP) is 3.61. The molecule has 2 aromatic rings. The van der Waals surface area contributed by atoms with Gasteiger partial charge >= 0.3 is 12.8 Å². The first-order valence-corrected chi connectivity index (χ1v) is 6.63. The molecule has 2 N–H and O–H groups in total. The van der Waals surface area contributed by atoms with Crippen molar-refractivity contribution >= 4 is 5.84 Å². The van der Waals surface area contributed by atoms with Gasteiger partial charge in [-0.3, -0.25) is 4.99 Å². The van der Waals surface area contributed by atoms with E-state index < -0.39 is 18.4 Å². The van der Waals surface area contributed by atoms with E-state index in [0.717, 1.165) is 18.3 Å². The van der Waals surface area contributed by atoms with Crippen LogP contribution in [0.15, 0.2) is 47.6 Å². The molecule has 0 fully saturated rings. The van der Waals surface area contributed by atoms with Gasteiger partial charge in [-0.25, -0.2) is 4.98 Å². The van der Waals surface area contributed by atoms with E-state index in [1.165, 1.54) is 24.3 Å². The van der Waals surface area contributed by atoms with Crippen LogP contribution in [0.2, 0.25) is 0 Å². The van der Waals surface area contributed by atoms with Crippen molar-refractivity contribution < 1.29 is 26.7 Å². The predicted molar refractivity (Wildman–Crippen MR) is 76.7 cm³/mol. The Kier molecular flexibility index (Phi) is 5.32. The molecule has 0 aliphatic heterocycles. The number of halogens is 5. The molecule has 1 aromatic heterocycles. The van der Waals surface area contributed by atoms with Gasteiger partial charge in [-0.15, -0.1) is 0 Å². The van der Waals surface area contributed by atoms with Crippen LogP contribution >= 0.6 is 0 Å². The first kappa shape index (κ1) is 17.6. The molecule has 9 heteroatoms. The Morgan fingerprint density at radius 2 is 1.79 bits per heavy atom. The number of amidine groups is 1. The molecule has 24 heavy (non-hydrogen) atoms. The largest absolute Gasteiger partial charge is 0.433 e. The van der Waals surface area contributed by atoms with E-state index in [0.29, 0.717) is 5.56 Å². The van der Waals surface area contributed by atoms with Crippen molar-refractivity contribution in [2.24, 2.45) is 10.7 Å². The van der Waals surface area contributed by atoms with E-state index in [9.17, 15) is 22.0 Å². The molecule has 0 saturated heterocycles. The van der Waals surface area contributed by atoms with E-state index in [4.69, 9.17) is 5.73 Å². The van der Waals surface area contributed by atoms with Gasteiger partial charge in [0.15, 0.2) is 0 Å². The summed E-state index contributed by atoms with van der Waals surface area (Å²) >= 11 is 0. The fourth-order valence-corrected chi connectivity index (χ4v) is 1.76. The number of aliphatic imine (C=N–C) groups is 1. The molecular formula is C15H12F5N3O. The van der Waals surface area contributed by atoms with Crippen LogP contribution in [0.1, 0.15) is 16.8 Å². The second-order valence-corrected chi connectivity index (χ2v) is 4.65. The number of hydrogen-bond acceptors (Lipinski definition) is 3. The molecule has 128 valence electrons. The molecule has 0 atom stereocenters. The van der Waals surface area contributed by atoms with Crippen molar-refractivity contribution in [2.45, 2.75) is 19.3 Å². The Morgan fingerprint density at radius 1 is 1.12 bits per heavy atom.